The van der Waals surface area contributed by atoms with E-state index in [0.717, 1.165) is 0 Å². The summed E-state index contributed by atoms with van der Waals surface area (Å²) in [4.78, 5) is 12.6. The van der Waals surface area contributed by atoms with Crippen LogP contribution >= 0.6 is 12.6 Å². The van der Waals surface area contributed by atoms with Crippen LogP contribution in [0.3, 0.4) is 0 Å². The Bertz CT molecular complexity index is 437. The maximum absolute atomic E-state index is 13.6. The van der Waals surface area contributed by atoms with E-state index >= 15 is 0 Å². The highest BCUT2D eigenvalue weighted by Gasteiger charge is 2.19. The zero-order chi connectivity index (χ0) is 14.4. The van der Waals surface area contributed by atoms with Crippen LogP contribution in [0.15, 0.2) is 23.1 Å². The number of carbonyl (C=O) groups excluding carboxylic acids is 1. The molecule has 0 fully saturated rings. The first-order valence-corrected chi connectivity index (χ1v) is 6.77. The summed E-state index contributed by atoms with van der Waals surface area (Å²) in [6, 6.07) is 4.03. The molecule has 0 spiro atoms. The van der Waals surface area contributed by atoms with Crippen molar-refractivity contribution in [2.24, 2.45) is 5.92 Å². The molecule has 0 saturated heterocycles. The van der Waals surface area contributed by atoms with Crippen molar-refractivity contribution in [2.45, 2.75) is 31.7 Å². The van der Waals surface area contributed by atoms with E-state index in [2.05, 4.69) is 17.9 Å². The maximum atomic E-state index is 13.6. The molecule has 0 aromatic heterocycles. The van der Waals surface area contributed by atoms with Gasteiger partial charge in [-0.2, -0.15) is 0 Å². The van der Waals surface area contributed by atoms with E-state index in [1.54, 1.807) is 0 Å². The second kappa shape index (κ2) is 7.50. The SMILES string of the molecule is CCOCC(NC(=O)c1cc(S)ccc1F)C(C)C. The van der Waals surface area contributed by atoms with Gasteiger partial charge in [0.25, 0.3) is 5.91 Å². The van der Waals surface area contributed by atoms with Gasteiger partial charge in [0, 0.05) is 11.5 Å². The van der Waals surface area contributed by atoms with E-state index in [9.17, 15) is 9.18 Å². The number of rotatable bonds is 6. The Morgan fingerprint density at radius 2 is 2.16 bits per heavy atom. The average Bonchev–Trinajstić information content (AvgIpc) is 2.36. The Balaban J connectivity index is 2.78. The summed E-state index contributed by atoms with van der Waals surface area (Å²) in [7, 11) is 0. The van der Waals surface area contributed by atoms with Crippen LogP contribution in [0.1, 0.15) is 31.1 Å². The predicted octanol–water partition coefficient (Wildman–Crippen LogP) is 2.91. The van der Waals surface area contributed by atoms with Crippen LogP contribution in [0.25, 0.3) is 0 Å². The molecule has 0 aliphatic heterocycles. The van der Waals surface area contributed by atoms with Crippen LogP contribution in [-0.4, -0.2) is 25.2 Å². The summed E-state index contributed by atoms with van der Waals surface area (Å²) in [5.74, 6) is -0.779. The van der Waals surface area contributed by atoms with Gasteiger partial charge in [-0.3, -0.25) is 4.79 Å². The van der Waals surface area contributed by atoms with Crippen LogP contribution in [0.2, 0.25) is 0 Å². The zero-order valence-corrected chi connectivity index (χ0v) is 12.3. The Morgan fingerprint density at radius 1 is 1.47 bits per heavy atom. The normalized spacial score (nSPS) is 12.5. The molecule has 0 radical (unpaired) electrons. The van der Waals surface area contributed by atoms with Crippen molar-refractivity contribution < 1.29 is 13.9 Å². The highest BCUT2D eigenvalue weighted by molar-refractivity contribution is 7.80. The fourth-order valence-corrected chi connectivity index (χ4v) is 1.78. The molecule has 106 valence electrons. The number of halogens is 1. The van der Waals surface area contributed by atoms with Gasteiger partial charge in [0.2, 0.25) is 0 Å². The molecule has 1 N–H and O–H groups in total. The van der Waals surface area contributed by atoms with Gasteiger partial charge >= 0.3 is 0 Å². The van der Waals surface area contributed by atoms with Gasteiger partial charge in [-0.25, -0.2) is 4.39 Å². The number of amides is 1. The molecule has 1 unspecified atom stereocenters. The molecular formula is C14H20FNO2S. The minimum atomic E-state index is -0.547. The third-order valence-corrected chi connectivity index (χ3v) is 3.10. The van der Waals surface area contributed by atoms with Crippen molar-refractivity contribution in [3.63, 3.8) is 0 Å². The lowest BCUT2D eigenvalue weighted by molar-refractivity contribution is 0.0802. The second-order valence-corrected chi connectivity index (χ2v) is 5.16. The van der Waals surface area contributed by atoms with Crippen LogP contribution in [0.5, 0.6) is 0 Å². The van der Waals surface area contributed by atoms with Crippen molar-refractivity contribution in [2.75, 3.05) is 13.2 Å². The number of benzene rings is 1. The average molecular weight is 285 g/mol. The van der Waals surface area contributed by atoms with E-state index in [4.69, 9.17) is 4.74 Å². The van der Waals surface area contributed by atoms with E-state index in [0.29, 0.717) is 18.1 Å². The first kappa shape index (κ1) is 16.0. The Hall–Kier alpha value is -1.07. The number of hydrogen-bond acceptors (Lipinski definition) is 3. The van der Waals surface area contributed by atoms with Crippen molar-refractivity contribution in [3.05, 3.63) is 29.6 Å². The fraction of sp³-hybridized carbons (Fsp3) is 0.500. The summed E-state index contributed by atoms with van der Waals surface area (Å²) in [5, 5.41) is 2.80. The molecule has 1 amide bonds. The lowest BCUT2D eigenvalue weighted by Crippen LogP contribution is -2.42. The zero-order valence-electron chi connectivity index (χ0n) is 11.4. The first-order chi connectivity index (χ1) is 8.95. The molecule has 0 heterocycles. The van der Waals surface area contributed by atoms with Crippen LogP contribution in [0.4, 0.5) is 4.39 Å². The van der Waals surface area contributed by atoms with Gasteiger partial charge in [-0.15, -0.1) is 12.6 Å². The predicted molar refractivity (Wildman–Crippen MR) is 76.2 cm³/mol. The van der Waals surface area contributed by atoms with Crippen LogP contribution < -0.4 is 5.32 Å². The van der Waals surface area contributed by atoms with Gasteiger partial charge in [0.15, 0.2) is 0 Å². The third kappa shape index (κ3) is 4.84. The quantitative estimate of drug-likeness (QED) is 0.789. The summed E-state index contributed by atoms with van der Waals surface area (Å²) >= 11 is 4.11. The van der Waals surface area contributed by atoms with Crippen molar-refractivity contribution in [3.8, 4) is 0 Å². The highest BCUT2D eigenvalue weighted by atomic mass is 32.1. The lowest BCUT2D eigenvalue weighted by Gasteiger charge is -2.22. The summed E-state index contributed by atoms with van der Waals surface area (Å²) < 4.78 is 18.9. The van der Waals surface area contributed by atoms with E-state index in [-0.39, 0.29) is 17.5 Å². The summed E-state index contributed by atoms with van der Waals surface area (Å²) in [6.07, 6.45) is 0. The second-order valence-electron chi connectivity index (χ2n) is 4.65. The molecule has 0 saturated carbocycles. The molecular weight excluding hydrogens is 265 g/mol. The van der Waals surface area contributed by atoms with Crippen molar-refractivity contribution >= 4 is 18.5 Å². The van der Waals surface area contributed by atoms with E-state index in [1.807, 2.05) is 20.8 Å². The molecule has 1 rings (SSSR count). The Labute approximate surface area is 118 Å². The number of thiol groups is 1. The molecule has 0 aliphatic rings. The number of ether oxygens (including phenoxy) is 1. The standard InChI is InChI=1S/C14H20FNO2S/c1-4-18-8-13(9(2)3)16-14(17)11-7-10(19)5-6-12(11)15/h5-7,9,13,19H,4,8H2,1-3H3,(H,16,17). The van der Waals surface area contributed by atoms with Gasteiger partial charge < -0.3 is 10.1 Å². The van der Waals surface area contributed by atoms with Gasteiger partial charge in [0.1, 0.15) is 5.82 Å². The Morgan fingerprint density at radius 3 is 2.74 bits per heavy atom. The topological polar surface area (TPSA) is 38.3 Å². The summed E-state index contributed by atoms with van der Waals surface area (Å²) in [6.45, 7) is 6.86. The summed E-state index contributed by atoms with van der Waals surface area (Å²) in [5.41, 5.74) is 0.00893. The number of carbonyl (C=O) groups is 1. The number of hydrogen-bond donors (Lipinski definition) is 2. The first-order valence-electron chi connectivity index (χ1n) is 6.32. The largest absolute Gasteiger partial charge is 0.380 e. The lowest BCUT2D eigenvalue weighted by atomic mass is 10.0. The fourth-order valence-electron chi connectivity index (χ4n) is 1.58. The van der Waals surface area contributed by atoms with Gasteiger partial charge in [0.05, 0.1) is 18.2 Å². The third-order valence-electron chi connectivity index (χ3n) is 2.82. The minimum absolute atomic E-state index is 0.00893. The van der Waals surface area contributed by atoms with Gasteiger partial charge in [-0.1, -0.05) is 13.8 Å². The van der Waals surface area contributed by atoms with Crippen molar-refractivity contribution in [1.82, 2.24) is 5.32 Å². The molecule has 19 heavy (non-hydrogen) atoms. The molecule has 0 aliphatic carbocycles. The van der Waals surface area contributed by atoms with E-state index in [1.165, 1.54) is 18.2 Å². The molecule has 1 atom stereocenters. The Kier molecular flexibility index (Phi) is 6.31. The molecule has 0 bridgehead atoms. The monoisotopic (exact) mass is 285 g/mol. The van der Waals surface area contributed by atoms with Gasteiger partial charge in [-0.05, 0) is 31.0 Å². The molecule has 1 aromatic rings. The number of nitrogens with one attached hydrogen (secondary N) is 1. The highest BCUT2D eigenvalue weighted by Crippen LogP contribution is 2.14. The van der Waals surface area contributed by atoms with E-state index < -0.39 is 11.7 Å². The minimum Gasteiger partial charge on any atom is -0.380 e. The van der Waals surface area contributed by atoms with Crippen LogP contribution in [0, 0.1) is 11.7 Å². The molecule has 1 aromatic carbocycles. The maximum Gasteiger partial charge on any atom is 0.254 e. The van der Waals surface area contributed by atoms with Crippen LogP contribution in [-0.2, 0) is 4.74 Å². The van der Waals surface area contributed by atoms with Crippen molar-refractivity contribution in [1.29, 1.82) is 0 Å². The molecule has 3 nitrogen and oxygen atoms in total. The smallest absolute Gasteiger partial charge is 0.254 e. The molecule has 5 heteroatoms.